The van der Waals surface area contributed by atoms with Crippen LogP contribution in [0.4, 0.5) is 11.4 Å². The van der Waals surface area contributed by atoms with Gasteiger partial charge in [0.1, 0.15) is 5.69 Å². The molecule has 1 saturated heterocycles. The van der Waals surface area contributed by atoms with Crippen LogP contribution in [0.1, 0.15) is 28.9 Å². The fourth-order valence-corrected chi connectivity index (χ4v) is 3.23. The maximum Gasteiger partial charge on any atom is 0.272 e. The third-order valence-electron chi connectivity index (χ3n) is 4.51. The van der Waals surface area contributed by atoms with Gasteiger partial charge in [-0.2, -0.15) is 0 Å². The van der Waals surface area contributed by atoms with Crippen molar-refractivity contribution in [3.8, 4) is 0 Å². The van der Waals surface area contributed by atoms with Crippen LogP contribution in [-0.2, 0) is 4.79 Å². The van der Waals surface area contributed by atoms with E-state index in [-0.39, 0.29) is 11.8 Å². The predicted octanol–water partition coefficient (Wildman–Crippen LogP) is 3.86. The summed E-state index contributed by atoms with van der Waals surface area (Å²) in [5, 5.41) is 3.91. The van der Waals surface area contributed by atoms with Crippen molar-refractivity contribution in [2.75, 3.05) is 16.8 Å². The average Bonchev–Trinajstić information content (AvgIpc) is 3.20. The number of amides is 2. The number of nitrogens with zero attached hydrogens (tertiary/aromatic N) is 1. The maximum atomic E-state index is 12.5. The Morgan fingerprint density at radius 1 is 1.16 bits per heavy atom. The largest absolute Gasteiger partial charge is 0.351 e. The quantitative estimate of drug-likeness (QED) is 0.764. The van der Waals surface area contributed by atoms with Crippen molar-refractivity contribution in [1.82, 2.24) is 4.98 Å². The Hall–Kier alpha value is -3.08. The summed E-state index contributed by atoms with van der Waals surface area (Å²) < 4.78 is 0. The molecule has 2 N–H and O–H groups in total. The first-order valence-electron chi connectivity index (χ1n) is 8.41. The van der Waals surface area contributed by atoms with E-state index in [2.05, 4.69) is 10.3 Å². The van der Waals surface area contributed by atoms with Gasteiger partial charge in [0, 0.05) is 35.2 Å². The summed E-state index contributed by atoms with van der Waals surface area (Å²) in [6.45, 7) is 2.75. The Labute approximate surface area is 145 Å². The van der Waals surface area contributed by atoms with Crippen LogP contribution in [0.25, 0.3) is 10.9 Å². The first kappa shape index (κ1) is 15.4. The molecule has 2 amide bonds. The van der Waals surface area contributed by atoms with Crippen molar-refractivity contribution in [3.63, 3.8) is 0 Å². The van der Waals surface area contributed by atoms with E-state index < -0.39 is 0 Å². The Morgan fingerprint density at radius 2 is 2.04 bits per heavy atom. The highest BCUT2D eigenvalue weighted by Gasteiger charge is 2.22. The molecule has 0 radical (unpaired) electrons. The van der Waals surface area contributed by atoms with Gasteiger partial charge in [0.25, 0.3) is 5.91 Å². The van der Waals surface area contributed by atoms with Crippen LogP contribution in [0, 0.1) is 6.92 Å². The molecule has 1 aliphatic heterocycles. The number of benzene rings is 2. The van der Waals surface area contributed by atoms with Crippen molar-refractivity contribution >= 4 is 34.1 Å². The van der Waals surface area contributed by atoms with Crippen LogP contribution >= 0.6 is 0 Å². The van der Waals surface area contributed by atoms with Crippen LogP contribution < -0.4 is 10.2 Å². The Morgan fingerprint density at radius 3 is 2.84 bits per heavy atom. The number of hydrogen-bond donors (Lipinski definition) is 2. The molecule has 25 heavy (non-hydrogen) atoms. The molecule has 2 aromatic carbocycles. The molecule has 2 heterocycles. The lowest BCUT2D eigenvalue weighted by Crippen LogP contribution is -2.23. The van der Waals surface area contributed by atoms with Gasteiger partial charge in [0.2, 0.25) is 5.91 Å². The van der Waals surface area contributed by atoms with E-state index in [1.54, 1.807) is 4.90 Å². The molecule has 0 bridgehead atoms. The zero-order valence-corrected chi connectivity index (χ0v) is 14.0. The van der Waals surface area contributed by atoms with Gasteiger partial charge < -0.3 is 15.2 Å². The third-order valence-corrected chi connectivity index (χ3v) is 4.51. The molecule has 5 heteroatoms. The van der Waals surface area contributed by atoms with Gasteiger partial charge in [-0.05, 0) is 49.2 Å². The molecule has 126 valence electrons. The van der Waals surface area contributed by atoms with Crippen LogP contribution in [0.15, 0.2) is 48.5 Å². The summed E-state index contributed by atoms with van der Waals surface area (Å²) in [7, 11) is 0. The van der Waals surface area contributed by atoms with Crippen molar-refractivity contribution in [1.29, 1.82) is 0 Å². The minimum atomic E-state index is -0.196. The number of nitrogens with one attached hydrogen (secondary N) is 2. The Bertz CT molecular complexity index is 974. The lowest BCUT2D eigenvalue weighted by atomic mass is 10.2. The van der Waals surface area contributed by atoms with E-state index in [1.165, 1.54) is 0 Å². The van der Waals surface area contributed by atoms with Crippen molar-refractivity contribution in [2.45, 2.75) is 19.8 Å². The summed E-state index contributed by atoms with van der Waals surface area (Å²) in [5.74, 6) is -0.0618. The molecule has 1 fully saturated rings. The molecule has 0 atom stereocenters. The summed E-state index contributed by atoms with van der Waals surface area (Å²) >= 11 is 0. The average molecular weight is 333 g/mol. The van der Waals surface area contributed by atoms with E-state index in [0.29, 0.717) is 17.8 Å². The number of carbonyl (C=O) groups is 2. The van der Waals surface area contributed by atoms with E-state index in [9.17, 15) is 9.59 Å². The summed E-state index contributed by atoms with van der Waals surface area (Å²) in [6.07, 6.45) is 1.47. The summed E-state index contributed by atoms with van der Waals surface area (Å²) in [6, 6.07) is 15.3. The molecule has 1 aromatic heterocycles. The normalized spacial score (nSPS) is 14.3. The standard InChI is InChI=1S/C20H19N3O2/c1-13-7-8-14-11-18(22-17(14)10-13)20(25)21-15-4-2-5-16(12-15)23-9-3-6-19(23)24/h2,4-5,7-8,10-12,22H,3,6,9H2,1H3,(H,21,25). The molecule has 5 nitrogen and oxygen atoms in total. The van der Waals surface area contributed by atoms with Crippen LogP contribution in [0.3, 0.4) is 0 Å². The molecule has 4 rings (SSSR count). The molecule has 3 aromatic rings. The number of anilines is 2. The Balaban J connectivity index is 1.56. The zero-order valence-electron chi connectivity index (χ0n) is 14.0. The molecule has 0 spiro atoms. The fourth-order valence-electron chi connectivity index (χ4n) is 3.23. The number of aryl methyl sites for hydroxylation is 1. The molecule has 1 aliphatic rings. The first-order valence-corrected chi connectivity index (χ1v) is 8.41. The van der Waals surface area contributed by atoms with Crippen molar-refractivity contribution in [2.24, 2.45) is 0 Å². The number of fused-ring (bicyclic) bond motifs is 1. The molecule has 0 saturated carbocycles. The zero-order chi connectivity index (χ0) is 17.4. The lowest BCUT2D eigenvalue weighted by molar-refractivity contribution is -0.117. The smallest absolute Gasteiger partial charge is 0.272 e. The van der Waals surface area contributed by atoms with Crippen LogP contribution in [-0.4, -0.2) is 23.3 Å². The van der Waals surface area contributed by atoms with Crippen LogP contribution in [0.2, 0.25) is 0 Å². The van der Waals surface area contributed by atoms with E-state index in [0.717, 1.165) is 35.1 Å². The monoisotopic (exact) mass is 333 g/mol. The topological polar surface area (TPSA) is 65.2 Å². The molecule has 0 unspecified atom stereocenters. The van der Waals surface area contributed by atoms with Crippen molar-refractivity contribution < 1.29 is 9.59 Å². The van der Waals surface area contributed by atoms with Gasteiger partial charge in [0.05, 0.1) is 0 Å². The summed E-state index contributed by atoms with van der Waals surface area (Å²) in [4.78, 5) is 29.4. The Kier molecular flexibility index (Phi) is 3.76. The number of H-pyrrole nitrogens is 1. The number of aromatic nitrogens is 1. The molecular formula is C20H19N3O2. The second-order valence-corrected chi connectivity index (χ2v) is 6.43. The number of aromatic amines is 1. The SMILES string of the molecule is Cc1ccc2cc(C(=O)Nc3cccc(N4CCCC4=O)c3)[nH]c2c1. The van der Waals surface area contributed by atoms with Gasteiger partial charge in [-0.25, -0.2) is 0 Å². The van der Waals surface area contributed by atoms with Gasteiger partial charge in [-0.15, -0.1) is 0 Å². The third kappa shape index (κ3) is 3.01. The lowest BCUT2D eigenvalue weighted by Gasteiger charge is -2.16. The highest BCUT2D eigenvalue weighted by atomic mass is 16.2. The van der Waals surface area contributed by atoms with Gasteiger partial charge in [-0.3, -0.25) is 9.59 Å². The van der Waals surface area contributed by atoms with E-state index in [4.69, 9.17) is 0 Å². The van der Waals surface area contributed by atoms with Gasteiger partial charge in [0.15, 0.2) is 0 Å². The predicted molar refractivity (Wildman–Crippen MR) is 99.0 cm³/mol. The van der Waals surface area contributed by atoms with E-state index in [1.807, 2.05) is 55.5 Å². The van der Waals surface area contributed by atoms with Gasteiger partial charge in [-0.1, -0.05) is 18.2 Å². The molecular weight excluding hydrogens is 314 g/mol. The highest BCUT2D eigenvalue weighted by molar-refractivity contribution is 6.06. The highest BCUT2D eigenvalue weighted by Crippen LogP contribution is 2.25. The number of hydrogen-bond acceptors (Lipinski definition) is 2. The minimum Gasteiger partial charge on any atom is -0.351 e. The van der Waals surface area contributed by atoms with Crippen molar-refractivity contribution in [3.05, 3.63) is 59.8 Å². The maximum absolute atomic E-state index is 12.5. The second-order valence-electron chi connectivity index (χ2n) is 6.43. The fraction of sp³-hybridized carbons (Fsp3) is 0.200. The van der Waals surface area contributed by atoms with Gasteiger partial charge >= 0.3 is 0 Å². The van der Waals surface area contributed by atoms with Crippen LogP contribution in [0.5, 0.6) is 0 Å². The number of carbonyl (C=O) groups excluding carboxylic acids is 2. The second kappa shape index (κ2) is 6.09. The van der Waals surface area contributed by atoms with E-state index >= 15 is 0 Å². The first-order chi connectivity index (χ1) is 12.1. The summed E-state index contributed by atoms with van der Waals surface area (Å²) in [5.41, 5.74) is 4.11. The molecule has 0 aliphatic carbocycles. The minimum absolute atomic E-state index is 0.134. The number of rotatable bonds is 3.